The van der Waals surface area contributed by atoms with Crippen molar-refractivity contribution in [3.05, 3.63) is 29.8 Å². The molecule has 2 heteroatoms. The normalized spacial score (nSPS) is 16.1. The van der Waals surface area contributed by atoms with Crippen LogP contribution in [-0.4, -0.2) is 5.91 Å². The molecule has 0 saturated heterocycles. The van der Waals surface area contributed by atoms with Crippen molar-refractivity contribution in [3.8, 4) is 0 Å². The predicted molar refractivity (Wildman–Crippen MR) is 57.1 cm³/mol. The summed E-state index contributed by atoms with van der Waals surface area (Å²) in [6.45, 7) is 2.04. The number of carbonyl (C=O) groups is 1. The van der Waals surface area contributed by atoms with Crippen LogP contribution in [0.5, 0.6) is 0 Å². The van der Waals surface area contributed by atoms with Gasteiger partial charge in [0.1, 0.15) is 0 Å². The number of anilines is 1. The van der Waals surface area contributed by atoms with Crippen LogP contribution in [-0.2, 0) is 4.79 Å². The first-order valence-corrected chi connectivity index (χ1v) is 5.13. The second-order valence-corrected chi connectivity index (χ2v) is 3.98. The lowest BCUT2D eigenvalue weighted by atomic mass is 9.85. The molecule has 0 aliphatic heterocycles. The molecule has 1 aliphatic rings. The summed E-state index contributed by atoms with van der Waals surface area (Å²) in [6, 6.07) is 7.92. The molecule has 0 bridgehead atoms. The Bertz CT molecular complexity index is 325. The van der Waals surface area contributed by atoms with E-state index in [2.05, 4.69) is 5.32 Å². The molecule has 0 radical (unpaired) electrons. The topological polar surface area (TPSA) is 29.1 Å². The molecule has 2 rings (SSSR count). The highest BCUT2D eigenvalue weighted by Gasteiger charge is 2.24. The van der Waals surface area contributed by atoms with E-state index in [1.807, 2.05) is 31.2 Å². The summed E-state index contributed by atoms with van der Waals surface area (Å²) < 4.78 is 0. The fourth-order valence-electron chi connectivity index (χ4n) is 1.55. The van der Waals surface area contributed by atoms with Gasteiger partial charge >= 0.3 is 0 Å². The fraction of sp³-hybridized carbons (Fsp3) is 0.417. The Morgan fingerprint density at radius 1 is 1.29 bits per heavy atom. The quantitative estimate of drug-likeness (QED) is 0.761. The second kappa shape index (κ2) is 3.82. The van der Waals surface area contributed by atoms with Gasteiger partial charge in [0.25, 0.3) is 0 Å². The van der Waals surface area contributed by atoms with Crippen molar-refractivity contribution in [1.82, 2.24) is 0 Å². The number of amides is 1. The zero-order chi connectivity index (χ0) is 9.97. The standard InChI is InChI=1S/C12H15NO/c1-9-5-7-11(8-6-9)13-12(14)10-3-2-4-10/h5-8,10H,2-4H2,1H3,(H,13,14). The number of carbonyl (C=O) groups excluding carboxylic acids is 1. The van der Waals surface area contributed by atoms with Crippen molar-refractivity contribution in [3.63, 3.8) is 0 Å². The number of hydrogen-bond donors (Lipinski definition) is 1. The maximum absolute atomic E-state index is 11.6. The highest BCUT2D eigenvalue weighted by atomic mass is 16.1. The maximum atomic E-state index is 11.6. The predicted octanol–water partition coefficient (Wildman–Crippen LogP) is 2.73. The highest BCUT2D eigenvalue weighted by molar-refractivity contribution is 5.92. The van der Waals surface area contributed by atoms with Gasteiger partial charge in [-0.15, -0.1) is 0 Å². The van der Waals surface area contributed by atoms with E-state index in [0.29, 0.717) is 0 Å². The number of rotatable bonds is 2. The van der Waals surface area contributed by atoms with Gasteiger partial charge in [0, 0.05) is 11.6 Å². The lowest BCUT2D eigenvalue weighted by Gasteiger charge is -2.24. The summed E-state index contributed by atoms with van der Waals surface area (Å²) in [5.74, 6) is 0.441. The number of aryl methyl sites for hydroxylation is 1. The first kappa shape index (κ1) is 9.25. The van der Waals surface area contributed by atoms with Gasteiger partial charge in [-0.25, -0.2) is 0 Å². The Kier molecular flexibility index (Phi) is 2.53. The summed E-state index contributed by atoms with van der Waals surface area (Å²) in [7, 11) is 0. The molecule has 1 fully saturated rings. The molecule has 1 aromatic carbocycles. The number of benzene rings is 1. The van der Waals surface area contributed by atoms with E-state index in [4.69, 9.17) is 0 Å². The molecule has 0 spiro atoms. The SMILES string of the molecule is Cc1ccc(NC(=O)C2CCC2)cc1. The number of hydrogen-bond acceptors (Lipinski definition) is 1. The van der Waals surface area contributed by atoms with Gasteiger partial charge in [0.2, 0.25) is 5.91 Å². The molecule has 0 unspecified atom stereocenters. The molecule has 1 N–H and O–H groups in total. The van der Waals surface area contributed by atoms with Gasteiger partial charge in [-0.3, -0.25) is 4.79 Å². The molecular weight excluding hydrogens is 174 g/mol. The van der Waals surface area contributed by atoms with E-state index in [9.17, 15) is 4.79 Å². The van der Waals surface area contributed by atoms with Crippen LogP contribution in [0.25, 0.3) is 0 Å². The van der Waals surface area contributed by atoms with Crippen molar-refractivity contribution in [2.24, 2.45) is 5.92 Å². The van der Waals surface area contributed by atoms with Crippen LogP contribution >= 0.6 is 0 Å². The summed E-state index contributed by atoms with van der Waals surface area (Å²) in [5.41, 5.74) is 2.12. The van der Waals surface area contributed by atoms with Gasteiger partial charge in [-0.1, -0.05) is 24.1 Å². The fourth-order valence-corrected chi connectivity index (χ4v) is 1.55. The van der Waals surface area contributed by atoms with Crippen molar-refractivity contribution in [2.45, 2.75) is 26.2 Å². The second-order valence-electron chi connectivity index (χ2n) is 3.98. The van der Waals surface area contributed by atoms with Gasteiger partial charge < -0.3 is 5.32 Å². The molecule has 74 valence electrons. The van der Waals surface area contributed by atoms with E-state index in [1.165, 1.54) is 12.0 Å². The molecule has 2 nitrogen and oxygen atoms in total. The van der Waals surface area contributed by atoms with Crippen LogP contribution in [0.4, 0.5) is 5.69 Å². The zero-order valence-electron chi connectivity index (χ0n) is 8.42. The van der Waals surface area contributed by atoms with Crippen LogP contribution in [0.3, 0.4) is 0 Å². The van der Waals surface area contributed by atoms with Gasteiger partial charge in [0.15, 0.2) is 0 Å². The first-order chi connectivity index (χ1) is 6.75. The average molecular weight is 189 g/mol. The summed E-state index contributed by atoms with van der Waals surface area (Å²) in [5, 5.41) is 2.93. The molecule has 1 amide bonds. The molecule has 1 aliphatic carbocycles. The molecule has 0 atom stereocenters. The zero-order valence-corrected chi connectivity index (χ0v) is 8.42. The molecule has 0 aromatic heterocycles. The lowest BCUT2D eigenvalue weighted by Crippen LogP contribution is -2.27. The van der Waals surface area contributed by atoms with Crippen LogP contribution in [0, 0.1) is 12.8 Å². The van der Waals surface area contributed by atoms with Gasteiger partial charge in [-0.2, -0.15) is 0 Å². The lowest BCUT2D eigenvalue weighted by molar-refractivity contribution is -0.122. The molecular formula is C12H15NO. The largest absolute Gasteiger partial charge is 0.326 e. The molecule has 1 aromatic rings. The Labute approximate surface area is 84.3 Å². The van der Waals surface area contributed by atoms with Crippen LogP contribution in [0.2, 0.25) is 0 Å². The number of nitrogens with one attached hydrogen (secondary N) is 1. The van der Waals surface area contributed by atoms with Gasteiger partial charge in [0.05, 0.1) is 0 Å². The van der Waals surface area contributed by atoms with Crippen molar-refractivity contribution < 1.29 is 4.79 Å². The summed E-state index contributed by atoms with van der Waals surface area (Å²) in [6.07, 6.45) is 3.31. The van der Waals surface area contributed by atoms with E-state index in [0.717, 1.165) is 18.5 Å². The van der Waals surface area contributed by atoms with Crippen molar-refractivity contribution in [1.29, 1.82) is 0 Å². The third-order valence-corrected chi connectivity index (χ3v) is 2.80. The molecule has 1 saturated carbocycles. The first-order valence-electron chi connectivity index (χ1n) is 5.13. The minimum Gasteiger partial charge on any atom is -0.326 e. The van der Waals surface area contributed by atoms with E-state index < -0.39 is 0 Å². The monoisotopic (exact) mass is 189 g/mol. The molecule has 0 heterocycles. The maximum Gasteiger partial charge on any atom is 0.227 e. The third kappa shape index (κ3) is 1.95. The van der Waals surface area contributed by atoms with E-state index in [1.54, 1.807) is 0 Å². The Balaban J connectivity index is 1.96. The summed E-state index contributed by atoms with van der Waals surface area (Å²) in [4.78, 5) is 11.6. The van der Waals surface area contributed by atoms with Crippen LogP contribution in [0.1, 0.15) is 24.8 Å². The van der Waals surface area contributed by atoms with E-state index in [-0.39, 0.29) is 11.8 Å². The Hall–Kier alpha value is -1.31. The minimum atomic E-state index is 0.181. The van der Waals surface area contributed by atoms with E-state index >= 15 is 0 Å². The van der Waals surface area contributed by atoms with Crippen LogP contribution < -0.4 is 5.32 Å². The van der Waals surface area contributed by atoms with Crippen molar-refractivity contribution in [2.75, 3.05) is 5.32 Å². The molecule has 14 heavy (non-hydrogen) atoms. The Morgan fingerprint density at radius 3 is 2.43 bits per heavy atom. The highest BCUT2D eigenvalue weighted by Crippen LogP contribution is 2.27. The average Bonchev–Trinajstić information content (AvgIpc) is 2.06. The minimum absolute atomic E-state index is 0.181. The Morgan fingerprint density at radius 2 is 1.93 bits per heavy atom. The smallest absolute Gasteiger partial charge is 0.227 e. The third-order valence-electron chi connectivity index (χ3n) is 2.80. The van der Waals surface area contributed by atoms with Crippen LogP contribution in [0.15, 0.2) is 24.3 Å². The summed E-state index contributed by atoms with van der Waals surface area (Å²) >= 11 is 0. The van der Waals surface area contributed by atoms with Gasteiger partial charge in [-0.05, 0) is 31.9 Å². The van der Waals surface area contributed by atoms with Crippen molar-refractivity contribution >= 4 is 11.6 Å².